The molecule has 208 valence electrons. The van der Waals surface area contributed by atoms with E-state index in [1.54, 1.807) is 24.3 Å². The van der Waals surface area contributed by atoms with Crippen LogP contribution < -0.4 is 19.3 Å². The van der Waals surface area contributed by atoms with Crippen LogP contribution in [0.3, 0.4) is 0 Å². The molecule has 2 N–H and O–H groups in total. The van der Waals surface area contributed by atoms with Crippen molar-refractivity contribution in [1.29, 1.82) is 0 Å². The summed E-state index contributed by atoms with van der Waals surface area (Å²) < 4.78 is 34.6. The lowest BCUT2D eigenvalue weighted by molar-refractivity contribution is -0.127. The van der Waals surface area contributed by atoms with Gasteiger partial charge in [-0.1, -0.05) is 31.5 Å². The summed E-state index contributed by atoms with van der Waals surface area (Å²) in [5.41, 5.74) is -0.289. The fourth-order valence-electron chi connectivity index (χ4n) is 5.11. The first-order valence-corrected chi connectivity index (χ1v) is 14.5. The maximum Gasteiger partial charge on any atom is 0.281 e. The quantitative estimate of drug-likeness (QED) is 0.510. The molecule has 1 aromatic heterocycles. The molecule has 1 aliphatic carbocycles. The molecule has 12 heteroatoms. The lowest BCUT2D eigenvalue weighted by atomic mass is 9.84. The van der Waals surface area contributed by atoms with Gasteiger partial charge < -0.3 is 19.6 Å². The number of benzene rings is 1. The molecule has 2 saturated heterocycles. The monoisotopic (exact) mass is 582 g/mol. The molecule has 2 aliphatic heterocycles. The van der Waals surface area contributed by atoms with Crippen molar-refractivity contribution in [2.45, 2.75) is 62.7 Å². The van der Waals surface area contributed by atoms with Crippen molar-refractivity contribution in [3.05, 3.63) is 41.4 Å². The van der Waals surface area contributed by atoms with Gasteiger partial charge >= 0.3 is 0 Å². The molecule has 1 amide bonds. The predicted molar refractivity (Wildman–Crippen MR) is 152 cm³/mol. The van der Waals surface area contributed by atoms with Gasteiger partial charge in [0.05, 0.1) is 11.8 Å². The van der Waals surface area contributed by atoms with E-state index in [1.165, 1.54) is 6.07 Å². The van der Waals surface area contributed by atoms with Gasteiger partial charge in [0.15, 0.2) is 10.6 Å². The minimum absolute atomic E-state index is 0. The van der Waals surface area contributed by atoms with E-state index in [1.807, 2.05) is 11.0 Å². The molecular formula is C26H35ClN4O5S2. The SMILES string of the molecule is CC1(C)CCCN(c2ccc(Cl)cc2OC2(C(=O)NS(=O)(=O)c3cccc(N4CC[C@H](O)C4)n3)CC2)C1.S. The van der Waals surface area contributed by atoms with Gasteiger partial charge in [0.25, 0.3) is 15.9 Å². The molecule has 3 heterocycles. The summed E-state index contributed by atoms with van der Waals surface area (Å²) in [6.45, 7) is 7.13. The highest BCUT2D eigenvalue weighted by molar-refractivity contribution is 7.90. The largest absolute Gasteiger partial charge is 0.475 e. The lowest BCUT2D eigenvalue weighted by Crippen LogP contribution is -2.44. The Balaban J connectivity index is 0.00000336. The fourth-order valence-corrected chi connectivity index (χ4v) is 6.27. The van der Waals surface area contributed by atoms with Gasteiger partial charge in [0.2, 0.25) is 0 Å². The van der Waals surface area contributed by atoms with Crippen LogP contribution in [0.25, 0.3) is 0 Å². The second-order valence-corrected chi connectivity index (χ2v) is 13.1. The molecule has 0 bridgehead atoms. The van der Waals surface area contributed by atoms with Crippen LogP contribution in [0, 0.1) is 5.41 Å². The molecule has 1 aromatic carbocycles. The number of nitrogens with one attached hydrogen (secondary N) is 1. The predicted octanol–water partition coefficient (Wildman–Crippen LogP) is 3.46. The molecule has 3 fully saturated rings. The topological polar surface area (TPSA) is 112 Å². The van der Waals surface area contributed by atoms with Crippen molar-refractivity contribution in [2.75, 3.05) is 36.0 Å². The number of sulfonamides is 1. The molecule has 1 atom stereocenters. The molecule has 0 spiro atoms. The number of aromatic nitrogens is 1. The van der Waals surface area contributed by atoms with Gasteiger partial charge in [-0.25, -0.2) is 9.71 Å². The number of halogens is 1. The van der Waals surface area contributed by atoms with Crippen LogP contribution in [0.15, 0.2) is 41.4 Å². The first kappa shape index (κ1) is 28.8. The summed E-state index contributed by atoms with van der Waals surface area (Å²) in [4.78, 5) is 21.6. The highest BCUT2D eigenvalue weighted by Crippen LogP contribution is 2.45. The summed E-state index contributed by atoms with van der Waals surface area (Å²) in [6, 6.07) is 10.00. The summed E-state index contributed by atoms with van der Waals surface area (Å²) in [5.74, 6) is 0.196. The Bertz CT molecular complexity index is 1300. The van der Waals surface area contributed by atoms with Crippen molar-refractivity contribution in [2.24, 2.45) is 5.41 Å². The summed E-state index contributed by atoms with van der Waals surface area (Å²) in [6.07, 6.45) is 3.08. The Labute approximate surface area is 236 Å². The second kappa shape index (κ2) is 10.7. The third-order valence-electron chi connectivity index (χ3n) is 7.28. The number of pyridine rings is 1. The van der Waals surface area contributed by atoms with E-state index in [-0.39, 0.29) is 23.9 Å². The standard InChI is InChI=1S/C26H33ClN4O5S.H2S/c1-25(2)10-4-13-31(17-25)20-8-7-18(27)15-21(20)36-26(11-12-26)24(33)29-37(34,35)23-6-3-5-22(28-23)30-14-9-19(32)16-30;/h3,5-8,15,19,32H,4,9-14,16-17H2,1-2H3,(H,29,33);1H2/t19-;/m0./s1. The number of carbonyl (C=O) groups is 1. The molecule has 38 heavy (non-hydrogen) atoms. The van der Waals surface area contributed by atoms with Crippen molar-refractivity contribution < 1.29 is 23.1 Å². The molecule has 5 rings (SSSR count). The minimum atomic E-state index is -4.23. The third-order valence-corrected chi connectivity index (χ3v) is 8.75. The van der Waals surface area contributed by atoms with E-state index in [9.17, 15) is 18.3 Å². The third kappa shape index (κ3) is 6.16. The lowest BCUT2D eigenvalue weighted by Gasteiger charge is -2.40. The average Bonchev–Trinajstić information content (AvgIpc) is 3.49. The maximum absolute atomic E-state index is 13.2. The van der Waals surface area contributed by atoms with Gasteiger partial charge in [0.1, 0.15) is 11.6 Å². The fraction of sp³-hybridized carbons (Fsp3) is 0.538. The number of amides is 1. The minimum Gasteiger partial charge on any atom is -0.475 e. The molecular weight excluding hydrogens is 548 g/mol. The van der Waals surface area contributed by atoms with Crippen LogP contribution in [0.2, 0.25) is 5.02 Å². The van der Waals surface area contributed by atoms with Crippen LogP contribution in [0.4, 0.5) is 11.5 Å². The highest BCUT2D eigenvalue weighted by Gasteiger charge is 2.54. The number of carbonyl (C=O) groups excluding carboxylic acids is 1. The zero-order valence-corrected chi connectivity index (χ0v) is 24.2. The molecule has 0 radical (unpaired) electrons. The number of hydrogen-bond acceptors (Lipinski definition) is 8. The second-order valence-electron chi connectivity index (χ2n) is 11.1. The van der Waals surface area contributed by atoms with E-state index in [0.29, 0.717) is 48.9 Å². The zero-order chi connectivity index (χ0) is 26.4. The number of piperidine rings is 1. The average molecular weight is 583 g/mol. The van der Waals surface area contributed by atoms with E-state index in [0.717, 1.165) is 31.6 Å². The number of ether oxygens (including phenoxy) is 1. The number of aliphatic hydroxyl groups excluding tert-OH is 1. The van der Waals surface area contributed by atoms with Crippen LogP contribution in [-0.4, -0.2) is 62.3 Å². The number of aliphatic hydroxyl groups is 1. The van der Waals surface area contributed by atoms with E-state index in [4.69, 9.17) is 16.3 Å². The van der Waals surface area contributed by atoms with Gasteiger partial charge in [0, 0.05) is 50.1 Å². The normalized spacial score (nSPS) is 21.9. The molecule has 1 saturated carbocycles. The first-order valence-electron chi connectivity index (χ1n) is 12.7. The first-order chi connectivity index (χ1) is 17.5. The van der Waals surface area contributed by atoms with E-state index in [2.05, 4.69) is 28.5 Å². The van der Waals surface area contributed by atoms with Crippen LogP contribution >= 0.6 is 25.1 Å². The number of β-amino-alcohol motifs (C(OH)–C–C–N with tert-alkyl or cyclic N) is 1. The van der Waals surface area contributed by atoms with Crippen LogP contribution in [0.1, 0.15) is 46.0 Å². The molecule has 0 unspecified atom stereocenters. The van der Waals surface area contributed by atoms with Gasteiger partial charge in [-0.3, -0.25) is 4.79 Å². The Morgan fingerprint density at radius 3 is 2.58 bits per heavy atom. The number of hydrogen-bond donors (Lipinski definition) is 2. The Kier molecular flexibility index (Phi) is 8.14. The van der Waals surface area contributed by atoms with Crippen molar-refractivity contribution in [1.82, 2.24) is 9.71 Å². The Morgan fingerprint density at radius 2 is 1.92 bits per heavy atom. The maximum atomic E-state index is 13.2. The summed E-state index contributed by atoms with van der Waals surface area (Å²) in [5, 5.41) is 10.0. The zero-order valence-electron chi connectivity index (χ0n) is 21.6. The number of rotatable bonds is 7. The number of nitrogens with zero attached hydrogens (tertiary/aromatic N) is 3. The molecule has 2 aromatic rings. The van der Waals surface area contributed by atoms with Crippen molar-refractivity contribution >= 4 is 52.5 Å². The summed E-state index contributed by atoms with van der Waals surface area (Å²) in [7, 11) is -4.23. The van der Waals surface area contributed by atoms with Gasteiger partial charge in [-0.05, 0) is 48.9 Å². The number of anilines is 2. The smallest absolute Gasteiger partial charge is 0.281 e. The van der Waals surface area contributed by atoms with Crippen LogP contribution in [0.5, 0.6) is 5.75 Å². The van der Waals surface area contributed by atoms with Crippen molar-refractivity contribution in [3.8, 4) is 5.75 Å². The van der Waals surface area contributed by atoms with E-state index < -0.39 is 27.6 Å². The molecule has 3 aliphatic rings. The Hall–Kier alpha value is -2.21. The van der Waals surface area contributed by atoms with Crippen LogP contribution in [-0.2, 0) is 14.8 Å². The highest BCUT2D eigenvalue weighted by atomic mass is 35.5. The van der Waals surface area contributed by atoms with Gasteiger partial charge in [-0.15, -0.1) is 0 Å². The van der Waals surface area contributed by atoms with Gasteiger partial charge in [-0.2, -0.15) is 21.9 Å². The van der Waals surface area contributed by atoms with Crippen molar-refractivity contribution in [3.63, 3.8) is 0 Å². The summed E-state index contributed by atoms with van der Waals surface area (Å²) >= 11 is 6.28. The molecule has 9 nitrogen and oxygen atoms in total. The van der Waals surface area contributed by atoms with E-state index >= 15 is 0 Å². The Morgan fingerprint density at radius 1 is 1.16 bits per heavy atom.